The van der Waals surface area contributed by atoms with E-state index in [0.717, 1.165) is 70.6 Å². The van der Waals surface area contributed by atoms with Gasteiger partial charge in [-0.1, -0.05) is 194 Å². The number of carbonyl (C=O) groups is 3. The molecule has 0 spiro atoms. The van der Waals surface area contributed by atoms with Crippen molar-refractivity contribution in [2.45, 2.75) is 269 Å². The van der Waals surface area contributed by atoms with E-state index in [1.165, 1.54) is 135 Å². The summed E-state index contributed by atoms with van der Waals surface area (Å²) in [6.45, 7) is 7.51. The van der Waals surface area contributed by atoms with Gasteiger partial charge in [-0.05, 0) is 44.9 Å². The lowest BCUT2D eigenvalue weighted by Gasteiger charge is -2.38. The third-order valence-electron chi connectivity index (χ3n) is 12.7. The van der Waals surface area contributed by atoms with Gasteiger partial charge in [0, 0.05) is 31.7 Å². The van der Waals surface area contributed by atoms with Crippen LogP contribution in [0.25, 0.3) is 0 Å². The van der Waals surface area contributed by atoms with E-state index in [0.29, 0.717) is 19.4 Å². The fourth-order valence-corrected chi connectivity index (χ4v) is 8.55. The number of ether oxygens (including phenoxy) is 3. The van der Waals surface area contributed by atoms with Crippen molar-refractivity contribution in [2.24, 2.45) is 0 Å². The molecule has 366 valence electrons. The number of hydrogen-bond acceptors (Lipinski definition) is 11. The van der Waals surface area contributed by atoms with Gasteiger partial charge in [0.05, 0.1) is 19.8 Å². The van der Waals surface area contributed by atoms with E-state index in [1.54, 1.807) is 0 Å². The first kappa shape index (κ1) is 58.2. The molecule has 62 heavy (non-hydrogen) atoms. The first-order valence-corrected chi connectivity index (χ1v) is 26.2. The Labute approximate surface area is 379 Å². The van der Waals surface area contributed by atoms with E-state index >= 15 is 0 Å². The molecular weight excluding hydrogens is 785 g/mol. The molecule has 4 N–H and O–H groups in total. The van der Waals surface area contributed by atoms with Gasteiger partial charge in [-0.2, -0.15) is 0 Å². The second kappa shape index (κ2) is 41.9. The highest BCUT2D eigenvalue weighted by Gasteiger charge is 2.33. The zero-order chi connectivity index (χ0) is 45.3. The fraction of sp³-hybridized carbons (Fsp3) is 0.941. The van der Waals surface area contributed by atoms with Crippen LogP contribution in [0.2, 0.25) is 0 Å². The number of nitrogens with one attached hydrogen (secondary N) is 1. The van der Waals surface area contributed by atoms with Crippen molar-refractivity contribution in [1.29, 1.82) is 0 Å². The third-order valence-corrected chi connectivity index (χ3v) is 12.7. The number of aliphatic hydroxyl groups is 3. The minimum absolute atomic E-state index is 0.0596. The maximum atomic E-state index is 12.9. The third kappa shape index (κ3) is 32.8. The molecule has 0 aromatic rings. The number of esters is 3. The molecule has 0 aliphatic heterocycles. The van der Waals surface area contributed by atoms with Gasteiger partial charge in [0.1, 0.15) is 0 Å². The summed E-state index contributed by atoms with van der Waals surface area (Å²) in [6, 6.07) is -0.0396. The molecule has 11 heteroatoms. The Morgan fingerprint density at radius 2 is 0.710 bits per heavy atom. The van der Waals surface area contributed by atoms with Crippen LogP contribution in [0.1, 0.15) is 239 Å². The zero-order valence-corrected chi connectivity index (χ0v) is 40.4. The van der Waals surface area contributed by atoms with Crippen molar-refractivity contribution in [1.82, 2.24) is 10.2 Å². The van der Waals surface area contributed by atoms with Crippen molar-refractivity contribution in [3.63, 3.8) is 0 Å². The molecule has 1 fully saturated rings. The van der Waals surface area contributed by atoms with Crippen LogP contribution in [0.5, 0.6) is 0 Å². The van der Waals surface area contributed by atoms with Gasteiger partial charge in [-0.3, -0.25) is 4.90 Å². The van der Waals surface area contributed by atoms with Gasteiger partial charge in [-0.25, -0.2) is 14.4 Å². The van der Waals surface area contributed by atoms with Crippen LogP contribution in [0.3, 0.4) is 0 Å². The quantitative estimate of drug-likeness (QED) is 0.0263. The Balaban J connectivity index is 2.52. The second-order valence-corrected chi connectivity index (χ2v) is 18.5. The molecule has 0 radical (unpaired) electrons. The highest BCUT2D eigenvalue weighted by atomic mass is 16.6. The Hall–Kier alpha value is -1.79. The van der Waals surface area contributed by atoms with E-state index in [9.17, 15) is 29.7 Å². The largest absolute Gasteiger partial charge is 0.464 e. The molecule has 1 aliphatic carbocycles. The maximum Gasteiger partial charge on any atom is 0.336 e. The first-order valence-electron chi connectivity index (χ1n) is 26.2. The number of unbranched alkanes of at least 4 members (excludes halogenated alkanes) is 27. The minimum Gasteiger partial charge on any atom is -0.464 e. The van der Waals surface area contributed by atoms with Crippen LogP contribution in [-0.2, 0) is 28.6 Å². The smallest absolute Gasteiger partial charge is 0.336 e. The van der Waals surface area contributed by atoms with E-state index in [-0.39, 0.29) is 44.9 Å². The normalized spacial score (nSPS) is 16.9. The summed E-state index contributed by atoms with van der Waals surface area (Å²) in [7, 11) is 0. The second-order valence-electron chi connectivity index (χ2n) is 18.5. The van der Waals surface area contributed by atoms with Gasteiger partial charge < -0.3 is 34.8 Å². The molecule has 3 atom stereocenters. The number of carbonyl (C=O) groups excluding carboxylic acids is 3. The highest BCUT2D eigenvalue weighted by Crippen LogP contribution is 2.24. The number of rotatable bonds is 44. The van der Waals surface area contributed by atoms with Crippen molar-refractivity contribution >= 4 is 17.9 Å². The van der Waals surface area contributed by atoms with Crippen LogP contribution >= 0.6 is 0 Å². The number of nitrogens with zero attached hydrogens (tertiary/aromatic N) is 1. The van der Waals surface area contributed by atoms with E-state index < -0.39 is 36.2 Å². The average molecular weight is 883 g/mol. The van der Waals surface area contributed by atoms with Crippen LogP contribution in [-0.4, -0.2) is 108 Å². The van der Waals surface area contributed by atoms with Gasteiger partial charge in [-0.15, -0.1) is 0 Å². The van der Waals surface area contributed by atoms with Crippen molar-refractivity contribution in [3.8, 4) is 0 Å². The molecule has 0 amide bonds. The summed E-state index contributed by atoms with van der Waals surface area (Å²) >= 11 is 0. The molecule has 0 saturated heterocycles. The van der Waals surface area contributed by atoms with Gasteiger partial charge in [0.25, 0.3) is 0 Å². The summed E-state index contributed by atoms with van der Waals surface area (Å²) in [5.41, 5.74) is 0. The molecule has 1 rings (SSSR count). The van der Waals surface area contributed by atoms with Crippen LogP contribution < -0.4 is 5.32 Å². The summed E-state index contributed by atoms with van der Waals surface area (Å²) in [5.74, 6) is -1.97. The Kier molecular flexibility index (Phi) is 39.3. The Bertz CT molecular complexity index is 995. The molecular formula is C51H98N2O9. The monoisotopic (exact) mass is 883 g/mol. The highest BCUT2D eigenvalue weighted by molar-refractivity contribution is 5.75. The van der Waals surface area contributed by atoms with Crippen LogP contribution in [0, 0.1) is 0 Å². The van der Waals surface area contributed by atoms with E-state index in [1.807, 2.05) is 4.90 Å². The first-order chi connectivity index (χ1) is 30.2. The Morgan fingerprint density at radius 3 is 1.02 bits per heavy atom. The molecule has 0 aromatic heterocycles. The van der Waals surface area contributed by atoms with Gasteiger partial charge in [0.15, 0.2) is 18.3 Å². The number of hydrogen-bond donors (Lipinski definition) is 4. The fourth-order valence-electron chi connectivity index (χ4n) is 8.55. The predicted molar refractivity (Wildman–Crippen MR) is 252 cm³/mol. The van der Waals surface area contributed by atoms with Crippen molar-refractivity contribution in [2.75, 3.05) is 39.5 Å². The predicted octanol–water partition coefficient (Wildman–Crippen LogP) is 10.7. The maximum absolute atomic E-state index is 12.9. The summed E-state index contributed by atoms with van der Waals surface area (Å²) in [5, 5.41) is 35.7. The SMILES string of the molecule is CCCCCCCCCCCCOC(=O)C(O)CNC1CCC(N(CC(O)C(=O)OCCCCCCCCCCCC)CC(O)C(=O)OCCCCCCCCCCCC)CC1. The molecule has 1 saturated carbocycles. The van der Waals surface area contributed by atoms with Crippen molar-refractivity contribution < 1.29 is 43.9 Å². The lowest BCUT2D eigenvalue weighted by Crippen LogP contribution is -2.51. The average Bonchev–Trinajstić information content (AvgIpc) is 3.27. The van der Waals surface area contributed by atoms with Gasteiger partial charge in [0.2, 0.25) is 0 Å². The molecule has 11 nitrogen and oxygen atoms in total. The Morgan fingerprint density at radius 1 is 0.435 bits per heavy atom. The van der Waals surface area contributed by atoms with Crippen molar-refractivity contribution in [3.05, 3.63) is 0 Å². The topological polar surface area (TPSA) is 155 Å². The minimum atomic E-state index is -1.41. The van der Waals surface area contributed by atoms with Crippen LogP contribution in [0.4, 0.5) is 0 Å². The van der Waals surface area contributed by atoms with E-state index in [2.05, 4.69) is 26.1 Å². The molecule has 0 aromatic carbocycles. The number of aliphatic hydroxyl groups excluding tert-OH is 3. The summed E-state index contributed by atoms with van der Waals surface area (Å²) < 4.78 is 16.3. The summed E-state index contributed by atoms with van der Waals surface area (Å²) in [6.07, 6.45) is 34.2. The standard InChI is InChI=1S/C51H98N2O9/c1-4-7-10-13-16-19-22-25-28-31-38-60-49(57)46(54)41-52-44-34-36-45(37-35-44)53(42-47(55)50(58)61-39-32-29-26-23-20-17-14-11-8-5-2)43-48(56)51(59)62-40-33-30-27-24-21-18-15-12-9-6-3/h44-48,52,54-56H,4-43H2,1-3H3. The van der Waals surface area contributed by atoms with Crippen LogP contribution in [0.15, 0.2) is 0 Å². The summed E-state index contributed by atoms with van der Waals surface area (Å²) in [4.78, 5) is 40.0. The zero-order valence-electron chi connectivity index (χ0n) is 40.4. The van der Waals surface area contributed by atoms with E-state index in [4.69, 9.17) is 14.2 Å². The molecule has 1 aliphatic rings. The van der Waals surface area contributed by atoms with Gasteiger partial charge >= 0.3 is 17.9 Å². The lowest BCUT2D eigenvalue weighted by atomic mass is 9.89. The molecule has 3 unspecified atom stereocenters. The molecule has 0 bridgehead atoms. The molecule has 0 heterocycles. The lowest BCUT2D eigenvalue weighted by molar-refractivity contribution is -0.158.